The van der Waals surface area contributed by atoms with Crippen LogP contribution in [0.1, 0.15) is 48.5 Å². The molecular formula is C28H39N5O4. The van der Waals surface area contributed by atoms with Crippen molar-refractivity contribution in [3.05, 3.63) is 39.8 Å². The fourth-order valence-electron chi connectivity index (χ4n) is 5.91. The normalized spacial score (nSPS) is 22.6. The molecule has 2 aliphatic rings. The number of benzene rings is 1. The summed E-state index contributed by atoms with van der Waals surface area (Å²) in [6, 6.07) is 4.20. The van der Waals surface area contributed by atoms with E-state index in [4.69, 9.17) is 9.47 Å². The van der Waals surface area contributed by atoms with E-state index in [-0.39, 0.29) is 11.5 Å². The van der Waals surface area contributed by atoms with Gasteiger partial charge in [-0.05, 0) is 69.7 Å². The molecule has 1 saturated carbocycles. The molecule has 1 saturated heterocycles. The molecule has 200 valence electrons. The minimum Gasteiger partial charge on any atom is -0.385 e. The molecule has 1 aliphatic carbocycles. The van der Waals surface area contributed by atoms with Crippen LogP contribution in [-0.2, 0) is 16.0 Å². The molecule has 5 rings (SSSR count). The maximum atomic E-state index is 13.7. The summed E-state index contributed by atoms with van der Waals surface area (Å²) in [5.41, 5.74) is 2.97. The Morgan fingerprint density at radius 3 is 2.70 bits per heavy atom. The maximum absolute atomic E-state index is 13.7. The third kappa shape index (κ3) is 5.17. The van der Waals surface area contributed by atoms with E-state index in [1.165, 1.54) is 0 Å². The van der Waals surface area contributed by atoms with E-state index in [0.717, 1.165) is 73.9 Å². The lowest BCUT2D eigenvalue weighted by Crippen LogP contribution is -2.53. The van der Waals surface area contributed by atoms with Gasteiger partial charge >= 0.3 is 0 Å². The van der Waals surface area contributed by atoms with Crippen molar-refractivity contribution in [3.63, 3.8) is 0 Å². The predicted molar refractivity (Wildman–Crippen MR) is 144 cm³/mol. The van der Waals surface area contributed by atoms with Crippen LogP contribution >= 0.6 is 0 Å². The highest BCUT2D eigenvalue weighted by Crippen LogP contribution is 2.33. The SMILES string of the molecule is COCCCCN1CCN(C(=O)c2cc3c(cc2C)[nH]c(=O)c2cnn(CC4CC(OC)C4)c23)C[C@H]1C. The highest BCUT2D eigenvalue weighted by molar-refractivity contribution is 6.07. The monoisotopic (exact) mass is 509 g/mol. The van der Waals surface area contributed by atoms with Crippen LogP contribution in [0.3, 0.4) is 0 Å². The van der Waals surface area contributed by atoms with Gasteiger partial charge in [0.1, 0.15) is 0 Å². The van der Waals surface area contributed by atoms with Gasteiger partial charge in [0.2, 0.25) is 0 Å². The van der Waals surface area contributed by atoms with Crippen LogP contribution in [0.4, 0.5) is 0 Å². The topological polar surface area (TPSA) is 92.7 Å². The summed E-state index contributed by atoms with van der Waals surface area (Å²) >= 11 is 0. The Kier molecular flexibility index (Phi) is 7.65. The van der Waals surface area contributed by atoms with Gasteiger partial charge in [-0.3, -0.25) is 19.2 Å². The molecule has 3 aromatic rings. The Morgan fingerprint density at radius 1 is 1.16 bits per heavy atom. The number of hydrogen-bond acceptors (Lipinski definition) is 6. The third-order valence-electron chi connectivity index (χ3n) is 8.24. The number of rotatable bonds is 9. The maximum Gasteiger partial charge on any atom is 0.259 e. The van der Waals surface area contributed by atoms with Crippen LogP contribution in [0.25, 0.3) is 21.8 Å². The standard InChI is InChI=1S/C28H39N5O4/c1-18-11-25-23(26-24(27(34)30-25)15-29-33(26)17-20-12-21(13-20)37-4)14-22(18)28(35)32-9-8-31(19(2)16-32)7-5-6-10-36-3/h11,14-15,19-21H,5-10,12-13,16-17H2,1-4H3,(H,30,34)/t19-,20?,21?/m1/s1. The lowest BCUT2D eigenvalue weighted by molar-refractivity contribution is -0.00504. The number of nitrogens with one attached hydrogen (secondary N) is 1. The van der Waals surface area contributed by atoms with Crippen molar-refractivity contribution in [2.45, 2.75) is 58.2 Å². The largest absolute Gasteiger partial charge is 0.385 e. The molecular weight excluding hydrogens is 470 g/mol. The fourth-order valence-corrected chi connectivity index (χ4v) is 5.91. The van der Waals surface area contributed by atoms with Gasteiger partial charge in [-0.1, -0.05) is 0 Å². The number of aromatic nitrogens is 3. The van der Waals surface area contributed by atoms with Gasteiger partial charge in [0.15, 0.2) is 0 Å². The van der Waals surface area contributed by atoms with Gasteiger partial charge in [-0.25, -0.2) is 0 Å². The number of hydrogen-bond donors (Lipinski definition) is 1. The van der Waals surface area contributed by atoms with E-state index in [1.807, 2.05) is 28.6 Å². The van der Waals surface area contributed by atoms with E-state index in [2.05, 4.69) is 21.9 Å². The smallest absolute Gasteiger partial charge is 0.259 e. The number of pyridine rings is 1. The van der Waals surface area contributed by atoms with Crippen LogP contribution in [0.5, 0.6) is 0 Å². The van der Waals surface area contributed by atoms with E-state index >= 15 is 0 Å². The van der Waals surface area contributed by atoms with Crippen LogP contribution in [0, 0.1) is 12.8 Å². The molecule has 9 heteroatoms. The van der Waals surface area contributed by atoms with E-state index < -0.39 is 0 Å². The van der Waals surface area contributed by atoms with E-state index in [9.17, 15) is 9.59 Å². The molecule has 1 aliphatic heterocycles. The van der Waals surface area contributed by atoms with Crippen LogP contribution in [-0.4, -0.2) is 89.6 Å². The van der Waals surface area contributed by atoms with Crippen molar-refractivity contribution in [1.29, 1.82) is 0 Å². The summed E-state index contributed by atoms with van der Waals surface area (Å²) < 4.78 is 12.5. The Labute approximate surface area is 217 Å². The Morgan fingerprint density at radius 2 is 1.97 bits per heavy atom. The zero-order valence-electron chi connectivity index (χ0n) is 22.5. The number of ether oxygens (including phenoxy) is 2. The van der Waals surface area contributed by atoms with Crippen LogP contribution in [0.2, 0.25) is 0 Å². The van der Waals surface area contributed by atoms with Crippen molar-refractivity contribution in [1.82, 2.24) is 24.6 Å². The second-order valence-corrected chi connectivity index (χ2v) is 10.8. The van der Waals surface area contributed by atoms with Gasteiger partial charge in [-0.2, -0.15) is 5.10 Å². The quantitative estimate of drug-likeness (QED) is 0.446. The molecule has 1 aromatic carbocycles. The van der Waals surface area contributed by atoms with Crippen molar-refractivity contribution in [2.75, 3.05) is 47.0 Å². The second kappa shape index (κ2) is 10.9. The van der Waals surface area contributed by atoms with Crippen molar-refractivity contribution in [2.24, 2.45) is 5.92 Å². The molecule has 3 heterocycles. The fraction of sp³-hybridized carbons (Fsp3) is 0.607. The van der Waals surface area contributed by atoms with Crippen molar-refractivity contribution in [3.8, 4) is 0 Å². The summed E-state index contributed by atoms with van der Waals surface area (Å²) in [6.45, 7) is 9.01. The Hall–Kier alpha value is -2.75. The second-order valence-electron chi connectivity index (χ2n) is 10.8. The highest BCUT2D eigenvalue weighted by atomic mass is 16.5. The number of carbonyl (C=O) groups is 1. The molecule has 1 amide bonds. The minimum absolute atomic E-state index is 0.0534. The first-order valence-electron chi connectivity index (χ1n) is 13.5. The van der Waals surface area contributed by atoms with Gasteiger partial charge < -0.3 is 19.4 Å². The summed E-state index contributed by atoms with van der Waals surface area (Å²) in [5, 5.41) is 6.00. The number of H-pyrrole nitrogens is 1. The van der Waals surface area contributed by atoms with E-state index in [0.29, 0.717) is 42.1 Å². The lowest BCUT2D eigenvalue weighted by Gasteiger charge is -2.40. The summed E-state index contributed by atoms with van der Waals surface area (Å²) in [4.78, 5) is 34.0. The van der Waals surface area contributed by atoms with Crippen LogP contribution in [0.15, 0.2) is 23.1 Å². The van der Waals surface area contributed by atoms with Gasteiger partial charge in [0.05, 0.1) is 28.7 Å². The third-order valence-corrected chi connectivity index (χ3v) is 8.24. The molecule has 1 atom stereocenters. The molecule has 2 aromatic heterocycles. The molecule has 0 bridgehead atoms. The molecule has 0 radical (unpaired) electrons. The van der Waals surface area contributed by atoms with Crippen molar-refractivity contribution < 1.29 is 14.3 Å². The number of carbonyl (C=O) groups excluding carboxylic acids is 1. The summed E-state index contributed by atoms with van der Waals surface area (Å²) in [7, 11) is 3.49. The molecule has 37 heavy (non-hydrogen) atoms. The average Bonchev–Trinajstić information content (AvgIpc) is 3.28. The van der Waals surface area contributed by atoms with Gasteiger partial charge in [-0.15, -0.1) is 0 Å². The number of fused-ring (bicyclic) bond motifs is 3. The zero-order valence-corrected chi connectivity index (χ0v) is 22.5. The number of aryl methyl sites for hydroxylation is 1. The molecule has 1 N–H and O–H groups in total. The van der Waals surface area contributed by atoms with Crippen molar-refractivity contribution >= 4 is 27.7 Å². The molecule has 0 unspecified atom stereocenters. The Bertz CT molecular complexity index is 1330. The zero-order chi connectivity index (χ0) is 26.1. The first kappa shape index (κ1) is 25.9. The molecule has 9 nitrogen and oxygen atoms in total. The number of aromatic amines is 1. The van der Waals surface area contributed by atoms with E-state index in [1.54, 1.807) is 20.4 Å². The summed E-state index contributed by atoms with van der Waals surface area (Å²) in [5.74, 6) is 0.527. The number of amides is 1. The Balaban J connectivity index is 1.39. The van der Waals surface area contributed by atoms with Gasteiger partial charge in [0, 0.05) is 64.0 Å². The summed E-state index contributed by atoms with van der Waals surface area (Å²) in [6.07, 6.45) is 6.11. The lowest BCUT2D eigenvalue weighted by atomic mass is 9.82. The number of methoxy groups -OCH3 is 2. The van der Waals surface area contributed by atoms with Gasteiger partial charge in [0.25, 0.3) is 11.5 Å². The molecule has 0 spiro atoms. The number of nitrogens with zero attached hydrogens (tertiary/aromatic N) is 4. The first-order valence-corrected chi connectivity index (χ1v) is 13.5. The number of piperazine rings is 1. The molecule has 2 fully saturated rings. The first-order chi connectivity index (χ1) is 17.9. The highest BCUT2D eigenvalue weighted by Gasteiger charge is 2.31. The predicted octanol–water partition coefficient (Wildman–Crippen LogP) is 3.18. The number of unbranched alkanes of at least 4 members (excludes halogenated alkanes) is 1. The van der Waals surface area contributed by atoms with Crippen LogP contribution < -0.4 is 5.56 Å². The average molecular weight is 510 g/mol. The minimum atomic E-state index is -0.147.